The van der Waals surface area contributed by atoms with Crippen molar-refractivity contribution in [1.82, 2.24) is 0 Å². The van der Waals surface area contributed by atoms with E-state index in [9.17, 15) is 5.26 Å². The topological polar surface area (TPSA) is 61.8 Å². The van der Waals surface area contributed by atoms with Gasteiger partial charge in [0.1, 0.15) is 5.60 Å². The van der Waals surface area contributed by atoms with E-state index >= 15 is 0 Å². The smallest absolute Gasteiger partial charge is 0.723 e. The van der Waals surface area contributed by atoms with E-state index in [1.165, 1.54) is 0 Å². The molecule has 0 aliphatic heterocycles. The first-order valence-corrected chi connectivity index (χ1v) is 5.08. The summed E-state index contributed by atoms with van der Waals surface area (Å²) in [6.45, 7) is 6.89. The summed E-state index contributed by atoms with van der Waals surface area (Å²) >= 11 is 0. The van der Waals surface area contributed by atoms with Crippen LogP contribution < -0.4 is 34.8 Å². The summed E-state index contributed by atoms with van der Waals surface area (Å²) in [7, 11) is 0. The molecule has 4 nitrogen and oxygen atoms in total. The van der Waals surface area contributed by atoms with Crippen LogP contribution in [0.2, 0.25) is 0 Å². The monoisotopic (exact) mass is 248 g/mol. The molecule has 1 rings (SSSR count). The van der Waals surface area contributed by atoms with Crippen molar-refractivity contribution in [2.24, 2.45) is 0 Å². The van der Waals surface area contributed by atoms with E-state index in [0.29, 0.717) is 0 Å². The standard InChI is InChI=1S/C12H18O4.Na/c1-11(2,15-13)9-5-7-10(8-6-9)12(3,4)16-14;/h5-8,13-14H,1-4H3;/q;+1/p-1. The Bertz CT molecular complexity index is 311. The second-order valence-corrected chi connectivity index (χ2v) is 4.77. The predicted molar refractivity (Wildman–Crippen MR) is 57.3 cm³/mol. The van der Waals surface area contributed by atoms with Crippen LogP contribution in [-0.4, -0.2) is 5.26 Å². The first-order valence-electron chi connectivity index (χ1n) is 5.08. The van der Waals surface area contributed by atoms with Crippen LogP contribution in [0.3, 0.4) is 0 Å². The minimum absolute atomic E-state index is 0. The summed E-state index contributed by atoms with van der Waals surface area (Å²) in [5, 5.41) is 19.3. The van der Waals surface area contributed by atoms with Crippen LogP contribution in [0.1, 0.15) is 38.8 Å². The van der Waals surface area contributed by atoms with Gasteiger partial charge >= 0.3 is 29.6 Å². The van der Waals surface area contributed by atoms with Crippen LogP contribution in [0.25, 0.3) is 0 Å². The third-order valence-corrected chi connectivity index (χ3v) is 2.71. The van der Waals surface area contributed by atoms with Crippen molar-refractivity contribution in [3.05, 3.63) is 35.4 Å². The van der Waals surface area contributed by atoms with E-state index in [0.717, 1.165) is 11.1 Å². The maximum Gasteiger partial charge on any atom is 1.00 e. The molecule has 0 amide bonds. The van der Waals surface area contributed by atoms with Crippen LogP contribution in [0, 0.1) is 0 Å². The third-order valence-electron chi connectivity index (χ3n) is 2.71. The molecule has 0 saturated carbocycles. The summed E-state index contributed by atoms with van der Waals surface area (Å²) in [5.74, 6) is 0. The summed E-state index contributed by atoms with van der Waals surface area (Å²) in [6, 6.07) is 7.17. The fraction of sp³-hybridized carbons (Fsp3) is 0.500. The summed E-state index contributed by atoms with van der Waals surface area (Å²) in [4.78, 5) is 8.53. The SMILES string of the molecule is CC(C)(O[O-])c1ccc(C(C)(C)OO)cc1.[Na+]. The summed E-state index contributed by atoms with van der Waals surface area (Å²) in [6.07, 6.45) is 0. The van der Waals surface area contributed by atoms with Crippen molar-refractivity contribution in [3.8, 4) is 0 Å². The van der Waals surface area contributed by atoms with Gasteiger partial charge in [-0.1, -0.05) is 24.3 Å². The van der Waals surface area contributed by atoms with Gasteiger partial charge in [-0.05, 0) is 38.8 Å². The van der Waals surface area contributed by atoms with E-state index in [1.807, 2.05) is 0 Å². The molecule has 0 aromatic heterocycles. The van der Waals surface area contributed by atoms with E-state index < -0.39 is 11.2 Å². The average molecular weight is 248 g/mol. The van der Waals surface area contributed by atoms with Gasteiger partial charge in [-0.2, -0.15) is 0 Å². The molecule has 0 aliphatic carbocycles. The van der Waals surface area contributed by atoms with Gasteiger partial charge in [0, 0.05) is 0 Å². The minimum Gasteiger partial charge on any atom is -0.723 e. The van der Waals surface area contributed by atoms with Crippen molar-refractivity contribution >= 4 is 0 Å². The molecular formula is C12H17NaO4. The zero-order chi connectivity index (χ0) is 12.4. The number of benzene rings is 1. The molecule has 0 unspecified atom stereocenters. The molecule has 0 bridgehead atoms. The first kappa shape index (κ1) is 17.1. The molecule has 0 saturated heterocycles. The Morgan fingerprint density at radius 1 is 0.941 bits per heavy atom. The zero-order valence-corrected chi connectivity index (χ0v) is 13.0. The van der Waals surface area contributed by atoms with E-state index in [1.54, 1.807) is 52.0 Å². The zero-order valence-electron chi connectivity index (χ0n) is 11.0. The molecule has 17 heavy (non-hydrogen) atoms. The fourth-order valence-electron chi connectivity index (χ4n) is 1.37. The largest absolute Gasteiger partial charge is 1.00 e. The first-order chi connectivity index (χ1) is 7.33. The summed E-state index contributed by atoms with van der Waals surface area (Å²) in [5.41, 5.74) is -0.0237. The molecule has 1 aromatic rings. The van der Waals surface area contributed by atoms with E-state index in [4.69, 9.17) is 5.26 Å². The van der Waals surface area contributed by atoms with Gasteiger partial charge in [0.05, 0.1) is 5.60 Å². The van der Waals surface area contributed by atoms with Crippen molar-refractivity contribution in [1.29, 1.82) is 0 Å². The average Bonchev–Trinajstić information content (AvgIpc) is 2.29. The normalized spacial score (nSPS) is 12.1. The van der Waals surface area contributed by atoms with Gasteiger partial charge < -0.3 is 10.1 Å². The second-order valence-electron chi connectivity index (χ2n) is 4.77. The van der Waals surface area contributed by atoms with E-state index in [2.05, 4.69) is 9.78 Å². The number of hydrogen-bond donors (Lipinski definition) is 1. The Balaban J connectivity index is 0.00000256. The molecule has 0 atom stereocenters. The van der Waals surface area contributed by atoms with Gasteiger partial charge in [0.2, 0.25) is 0 Å². The van der Waals surface area contributed by atoms with Crippen molar-refractivity contribution in [3.63, 3.8) is 0 Å². The summed E-state index contributed by atoms with van der Waals surface area (Å²) < 4.78 is 0. The van der Waals surface area contributed by atoms with Crippen molar-refractivity contribution in [2.45, 2.75) is 38.9 Å². The quantitative estimate of drug-likeness (QED) is 0.419. The number of hydrogen-bond acceptors (Lipinski definition) is 4. The fourth-order valence-corrected chi connectivity index (χ4v) is 1.37. The van der Waals surface area contributed by atoms with Gasteiger partial charge in [0.25, 0.3) is 0 Å². The maximum absolute atomic E-state index is 10.5. The Hall–Kier alpha value is 0.0600. The van der Waals surface area contributed by atoms with Gasteiger partial charge in [-0.25, -0.2) is 4.89 Å². The minimum atomic E-state index is -0.858. The molecule has 1 N–H and O–H groups in total. The van der Waals surface area contributed by atoms with Gasteiger partial charge in [-0.3, -0.25) is 5.26 Å². The molecule has 90 valence electrons. The van der Waals surface area contributed by atoms with Crippen LogP contribution >= 0.6 is 0 Å². The van der Waals surface area contributed by atoms with Crippen molar-refractivity contribution in [2.75, 3.05) is 0 Å². The molecule has 0 heterocycles. The van der Waals surface area contributed by atoms with Gasteiger partial charge in [0.15, 0.2) is 0 Å². The molecule has 0 aliphatic rings. The van der Waals surface area contributed by atoms with Gasteiger partial charge in [-0.15, -0.1) is 0 Å². The van der Waals surface area contributed by atoms with Crippen LogP contribution in [-0.2, 0) is 21.0 Å². The molecular weight excluding hydrogens is 231 g/mol. The predicted octanol–water partition coefficient (Wildman–Crippen LogP) is -1.06. The van der Waals surface area contributed by atoms with Crippen LogP contribution in [0.15, 0.2) is 24.3 Å². The Kier molecular flexibility index (Phi) is 6.31. The van der Waals surface area contributed by atoms with Crippen LogP contribution in [0.4, 0.5) is 0 Å². The molecule has 0 radical (unpaired) electrons. The number of rotatable bonds is 4. The Labute approximate surface area is 124 Å². The Morgan fingerprint density at radius 3 is 1.59 bits per heavy atom. The molecule has 0 spiro atoms. The van der Waals surface area contributed by atoms with Crippen LogP contribution in [0.5, 0.6) is 0 Å². The van der Waals surface area contributed by atoms with E-state index in [-0.39, 0.29) is 29.6 Å². The molecule has 5 heteroatoms. The Morgan fingerprint density at radius 2 is 1.29 bits per heavy atom. The molecule has 1 aromatic carbocycles. The van der Waals surface area contributed by atoms with Crippen molar-refractivity contribution < 1.29 is 49.8 Å². The third kappa shape index (κ3) is 4.03. The maximum atomic E-state index is 10.5. The molecule has 0 fully saturated rings. The second kappa shape index (κ2) is 6.29.